The lowest BCUT2D eigenvalue weighted by atomic mass is 10.2. The van der Waals surface area contributed by atoms with Gasteiger partial charge in [0, 0.05) is 11.6 Å². The molecule has 1 aromatic heterocycles. The van der Waals surface area contributed by atoms with Crippen LogP contribution in [0.3, 0.4) is 0 Å². The lowest BCUT2D eigenvalue weighted by Gasteiger charge is -2.08. The molecule has 116 valence electrons. The van der Waals surface area contributed by atoms with Gasteiger partial charge in [-0.25, -0.2) is 4.79 Å². The van der Waals surface area contributed by atoms with Crippen LogP contribution in [0.15, 0.2) is 59.1 Å². The van der Waals surface area contributed by atoms with Crippen LogP contribution in [0.5, 0.6) is 0 Å². The van der Waals surface area contributed by atoms with Crippen LogP contribution in [-0.4, -0.2) is 11.2 Å². The van der Waals surface area contributed by atoms with E-state index in [9.17, 15) is 4.79 Å². The number of aryl methyl sites for hydroxylation is 1. The average molecular weight is 308 g/mol. The zero-order valence-corrected chi connectivity index (χ0v) is 12.5. The molecule has 0 fully saturated rings. The number of rotatable bonds is 3. The van der Waals surface area contributed by atoms with Gasteiger partial charge in [-0.05, 0) is 24.6 Å². The minimum atomic E-state index is -0.435. The number of nitrogens with two attached hydrogens (primary N) is 1. The smallest absolute Gasteiger partial charge is 0.325 e. The molecule has 0 aliphatic rings. The third-order valence-corrected chi connectivity index (χ3v) is 3.27. The molecule has 0 unspecified atom stereocenters. The van der Waals surface area contributed by atoms with Crippen LogP contribution < -0.4 is 16.4 Å². The largest absolute Gasteiger partial charge is 0.397 e. The first-order valence-electron chi connectivity index (χ1n) is 7.08. The molecule has 0 spiro atoms. The number of carbonyl (C=O) groups excluding carboxylic acids is 1. The van der Waals surface area contributed by atoms with Crippen LogP contribution in [0.1, 0.15) is 5.56 Å². The van der Waals surface area contributed by atoms with Crippen LogP contribution in [0.4, 0.5) is 22.0 Å². The minimum Gasteiger partial charge on any atom is -0.397 e. The van der Waals surface area contributed by atoms with Crippen molar-refractivity contribution in [2.75, 3.05) is 16.4 Å². The Morgan fingerprint density at radius 3 is 2.65 bits per heavy atom. The molecule has 0 aliphatic heterocycles. The highest BCUT2D eigenvalue weighted by Crippen LogP contribution is 2.23. The normalized spacial score (nSPS) is 10.3. The number of nitrogen functional groups attached to an aromatic ring is 1. The molecular formula is C17H16N4O2. The molecule has 3 aromatic rings. The Morgan fingerprint density at radius 1 is 1.09 bits per heavy atom. The second-order valence-corrected chi connectivity index (χ2v) is 5.11. The van der Waals surface area contributed by atoms with Gasteiger partial charge >= 0.3 is 6.03 Å². The van der Waals surface area contributed by atoms with Gasteiger partial charge in [0.25, 0.3) is 0 Å². The summed E-state index contributed by atoms with van der Waals surface area (Å²) in [5, 5.41) is 9.14. The summed E-state index contributed by atoms with van der Waals surface area (Å²) < 4.78 is 5.23. The first kappa shape index (κ1) is 14.6. The quantitative estimate of drug-likeness (QED) is 0.640. The molecule has 0 aliphatic carbocycles. The van der Waals surface area contributed by atoms with E-state index in [4.69, 9.17) is 10.3 Å². The monoisotopic (exact) mass is 308 g/mol. The maximum absolute atomic E-state index is 12.0. The van der Waals surface area contributed by atoms with Gasteiger partial charge in [0.1, 0.15) is 0 Å². The maximum Gasteiger partial charge on any atom is 0.325 e. The molecule has 0 saturated heterocycles. The number of aromatic nitrogens is 1. The summed E-state index contributed by atoms with van der Waals surface area (Å²) in [5.74, 6) is 0.906. The van der Waals surface area contributed by atoms with E-state index >= 15 is 0 Å². The zero-order valence-electron chi connectivity index (χ0n) is 12.5. The number of benzene rings is 2. The van der Waals surface area contributed by atoms with Crippen LogP contribution in [0.2, 0.25) is 0 Å². The van der Waals surface area contributed by atoms with Crippen molar-refractivity contribution >= 4 is 23.2 Å². The van der Waals surface area contributed by atoms with Gasteiger partial charge in [0.2, 0.25) is 0 Å². The number of carbonyl (C=O) groups is 1. The van der Waals surface area contributed by atoms with Gasteiger partial charge in [0.15, 0.2) is 11.6 Å². The first-order chi connectivity index (χ1) is 11.1. The van der Waals surface area contributed by atoms with Crippen molar-refractivity contribution < 1.29 is 9.32 Å². The number of nitrogens with one attached hydrogen (secondary N) is 2. The Kier molecular flexibility index (Phi) is 3.97. The van der Waals surface area contributed by atoms with Crippen molar-refractivity contribution in [1.29, 1.82) is 0 Å². The van der Waals surface area contributed by atoms with E-state index < -0.39 is 6.03 Å². The summed E-state index contributed by atoms with van der Waals surface area (Å²) >= 11 is 0. The molecule has 6 nitrogen and oxygen atoms in total. The molecule has 0 atom stereocenters. The van der Waals surface area contributed by atoms with Gasteiger partial charge in [0.05, 0.1) is 11.4 Å². The molecule has 0 bridgehead atoms. The average Bonchev–Trinajstić information content (AvgIpc) is 3.00. The molecule has 1 heterocycles. The van der Waals surface area contributed by atoms with Gasteiger partial charge in [-0.1, -0.05) is 41.6 Å². The molecule has 23 heavy (non-hydrogen) atoms. The summed E-state index contributed by atoms with van der Waals surface area (Å²) in [5.41, 5.74) is 8.77. The van der Waals surface area contributed by atoms with Crippen molar-refractivity contribution in [2.24, 2.45) is 0 Å². The van der Waals surface area contributed by atoms with Gasteiger partial charge < -0.3 is 15.6 Å². The highest BCUT2D eigenvalue weighted by Gasteiger charge is 2.10. The van der Waals surface area contributed by atoms with E-state index in [1.165, 1.54) is 0 Å². The van der Waals surface area contributed by atoms with Crippen LogP contribution in [0.25, 0.3) is 11.3 Å². The molecule has 2 aromatic carbocycles. The van der Waals surface area contributed by atoms with Crippen molar-refractivity contribution in [2.45, 2.75) is 6.92 Å². The SMILES string of the molecule is Cc1ccc(N)c(NC(=O)Nc2cc(-c3ccccc3)on2)c1. The molecule has 3 rings (SSSR count). The van der Waals surface area contributed by atoms with Gasteiger partial charge in [-0.3, -0.25) is 5.32 Å². The van der Waals surface area contributed by atoms with E-state index in [-0.39, 0.29) is 0 Å². The topological polar surface area (TPSA) is 93.2 Å². The summed E-state index contributed by atoms with van der Waals surface area (Å²) in [4.78, 5) is 12.0. The highest BCUT2D eigenvalue weighted by molar-refractivity contribution is 6.01. The van der Waals surface area contributed by atoms with Crippen LogP contribution >= 0.6 is 0 Å². The zero-order chi connectivity index (χ0) is 16.2. The molecule has 0 radical (unpaired) electrons. The van der Waals surface area contributed by atoms with Gasteiger partial charge in [-0.15, -0.1) is 0 Å². The van der Waals surface area contributed by atoms with Crippen LogP contribution in [-0.2, 0) is 0 Å². The number of urea groups is 1. The highest BCUT2D eigenvalue weighted by atomic mass is 16.5. The third-order valence-electron chi connectivity index (χ3n) is 3.27. The van der Waals surface area contributed by atoms with Crippen molar-refractivity contribution in [3.8, 4) is 11.3 Å². The minimum absolute atomic E-state index is 0.326. The summed E-state index contributed by atoms with van der Waals surface area (Å²) in [7, 11) is 0. The number of nitrogens with zero attached hydrogens (tertiary/aromatic N) is 1. The van der Waals surface area contributed by atoms with E-state index in [2.05, 4.69) is 15.8 Å². The molecule has 6 heteroatoms. The van der Waals surface area contributed by atoms with E-state index in [1.807, 2.05) is 43.3 Å². The van der Waals surface area contributed by atoms with Crippen LogP contribution in [0, 0.1) is 6.92 Å². The van der Waals surface area contributed by atoms with Crippen molar-refractivity contribution in [3.05, 3.63) is 60.2 Å². The Morgan fingerprint density at radius 2 is 1.87 bits per heavy atom. The molecule has 4 N–H and O–H groups in total. The summed E-state index contributed by atoms with van der Waals surface area (Å²) in [6, 6.07) is 16.2. The predicted molar refractivity (Wildman–Crippen MR) is 90.2 cm³/mol. The fourth-order valence-corrected chi connectivity index (χ4v) is 2.12. The number of anilines is 3. The lowest BCUT2D eigenvalue weighted by molar-refractivity contribution is 0.262. The second kappa shape index (κ2) is 6.23. The molecule has 2 amide bonds. The Hall–Kier alpha value is -3.28. The van der Waals surface area contributed by atoms with Crippen molar-refractivity contribution in [1.82, 2.24) is 5.16 Å². The Balaban J connectivity index is 1.69. The van der Waals surface area contributed by atoms with Crippen molar-refractivity contribution in [3.63, 3.8) is 0 Å². The molecular weight excluding hydrogens is 292 g/mol. The maximum atomic E-state index is 12.0. The number of hydrogen-bond donors (Lipinski definition) is 3. The first-order valence-corrected chi connectivity index (χ1v) is 7.08. The lowest BCUT2D eigenvalue weighted by Crippen LogP contribution is -2.20. The Labute approximate surface area is 133 Å². The Bertz CT molecular complexity index is 828. The number of amides is 2. The fraction of sp³-hybridized carbons (Fsp3) is 0.0588. The predicted octanol–water partition coefficient (Wildman–Crippen LogP) is 3.88. The fourth-order valence-electron chi connectivity index (χ4n) is 2.12. The van der Waals surface area contributed by atoms with E-state index in [1.54, 1.807) is 18.2 Å². The van der Waals surface area contributed by atoms with E-state index in [0.29, 0.717) is 23.0 Å². The van der Waals surface area contributed by atoms with E-state index in [0.717, 1.165) is 11.1 Å². The third kappa shape index (κ3) is 3.49. The summed E-state index contributed by atoms with van der Waals surface area (Å²) in [6.07, 6.45) is 0. The molecule has 0 saturated carbocycles. The second-order valence-electron chi connectivity index (χ2n) is 5.11. The van der Waals surface area contributed by atoms with Gasteiger partial charge in [-0.2, -0.15) is 0 Å². The summed E-state index contributed by atoms with van der Waals surface area (Å²) in [6.45, 7) is 1.92. The standard InChI is InChI=1S/C17H16N4O2/c1-11-7-8-13(18)14(9-11)19-17(22)20-16-10-15(23-21-16)12-5-3-2-4-6-12/h2-10H,18H2,1H3,(H2,19,20,21,22). The number of hydrogen-bond acceptors (Lipinski definition) is 4.